The molecule has 0 aliphatic carbocycles. The molecule has 1 aliphatic heterocycles. The van der Waals surface area contributed by atoms with E-state index >= 15 is 0 Å². The van der Waals surface area contributed by atoms with E-state index in [1.54, 1.807) is 12.1 Å². The molecule has 0 N–H and O–H groups in total. The van der Waals surface area contributed by atoms with Crippen LogP contribution in [0.15, 0.2) is 24.3 Å². The molecule has 0 saturated carbocycles. The lowest BCUT2D eigenvalue weighted by Gasteiger charge is -2.31. The van der Waals surface area contributed by atoms with Crippen molar-refractivity contribution >= 4 is 5.78 Å². The summed E-state index contributed by atoms with van der Waals surface area (Å²) >= 11 is 0. The lowest BCUT2D eigenvalue weighted by Crippen LogP contribution is -2.39. The highest BCUT2D eigenvalue weighted by molar-refractivity contribution is 5.97. The number of ketones is 1. The summed E-state index contributed by atoms with van der Waals surface area (Å²) in [6, 6.07) is 5.75. The van der Waals surface area contributed by atoms with E-state index in [0.29, 0.717) is 18.2 Å². The van der Waals surface area contributed by atoms with Gasteiger partial charge in [-0.1, -0.05) is 0 Å². The second kappa shape index (κ2) is 6.78. The van der Waals surface area contributed by atoms with Gasteiger partial charge in [0.25, 0.3) is 0 Å². The van der Waals surface area contributed by atoms with Gasteiger partial charge >= 0.3 is 0 Å². The highest BCUT2D eigenvalue weighted by Gasteiger charge is 2.21. The number of halogens is 1. The molecule has 1 fully saturated rings. The highest BCUT2D eigenvalue weighted by atomic mass is 19.1. The molecule has 0 unspecified atom stereocenters. The van der Waals surface area contributed by atoms with Gasteiger partial charge in [0.15, 0.2) is 5.78 Å². The van der Waals surface area contributed by atoms with E-state index in [2.05, 4.69) is 4.90 Å². The SMILES string of the molecule is CCOC1CCN(CC(=O)c2ccc(F)cc2)CC1. The maximum Gasteiger partial charge on any atom is 0.176 e. The van der Waals surface area contributed by atoms with E-state index in [1.165, 1.54) is 12.1 Å². The number of hydrogen-bond acceptors (Lipinski definition) is 3. The molecule has 0 spiro atoms. The summed E-state index contributed by atoms with van der Waals surface area (Å²) in [5.41, 5.74) is 0.577. The molecule has 2 rings (SSSR count). The zero-order valence-corrected chi connectivity index (χ0v) is 11.3. The third-order valence-corrected chi connectivity index (χ3v) is 3.47. The summed E-state index contributed by atoms with van der Waals surface area (Å²) < 4.78 is 18.4. The largest absolute Gasteiger partial charge is 0.378 e. The fourth-order valence-electron chi connectivity index (χ4n) is 2.40. The molecular formula is C15H20FNO2. The van der Waals surface area contributed by atoms with Crippen LogP contribution in [0.5, 0.6) is 0 Å². The van der Waals surface area contributed by atoms with Crippen LogP contribution in [-0.4, -0.2) is 43.0 Å². The third-order valence-electron chi connectivity index (χ3n) is 3.47. The normalized spacial score (nSPS) is 17.6. The standard InChI is InChI=1S/C15H20FNO2/c1-2-19-14-7-9-17(10-8-14)11-15(18)12-3-5-13(16)6-4-12/h3-6,14H,2,7-11H2,1H3. The summed E-state index contributed by atoms with van der Waals surface area (Å²) in [5.74, 6) is -0.260. The predicted molar refractivity (Wildman–Crippen MR) is 71.8 cm³/mol. The number of nitrogens with zero attached hydrogens (tertiary/aromatic N) is 1. The van der Waals surface area contributed by atoms with Gasteiger partial charge in [0.2, 0.25) is 0 Å². The Kier molecular flexibility index (Phi) is 5.05. The van der Waals surface area contributed by atoms with E-state index < -0.39 is 0 Å². The Labute approximate surface area is 113 Å². The number of ether oxygens (including phenoxy) is 1. The van der Waals surface area contributed by atoms with E-state index in [0.717, 1.165) is 32.5 Å². The number of carbonyl (C=O) groups excluding carboxylic acids is 1. The number of benzene rings is 1. The molecule has 0 bridgehead atoms. The number of carbonyl (C=O) groups is 1. The first-order valence-electron chi connectivity index (χ1n) is 6.81. The van der Waals surface area contributed by atoms with Gasteiger partial charge in [0.1, 0.15) is 5.82 Å². The van der Waals surface area contributed by atoms with Gasteiger partial charge in [-0.15, -0.1) is 0 Å². The second-order valence-corrected chi connectivity index (χ2v) is 4.86. The molecule has 0 radical (unpaired) electrons. The lowest BCUT2D eigenvalue weighted by molar-refractivity contribution is 0.0147. The van der Waals surface area contributed by atoms with Gasteiger partial charge < -0.3 is 4.74 Å². The van der Waals surface area contributed by atoms with Crippen molar-refractivity contribution in [1.82, 2.24) is 4.90 Å². The first kappa shape index (κ1) is 14.2. The maximum atomic E-state index is 12.8. The van der Waals surface area contributed by atoms with Crippen molar-refractivity contribution in [2.45, 2.75) is 25.9 Å². The molecule has 1 aromatic carbocycles. The van der Waals surface area contributed by atoms with E-state index in [1.807, 2.05) is 6.92 Å². The number of rotatable bonds is 5. The van der Waals surface area contributed by atoms with Crippen LogP contribution in [0.1, 0.15) is 30.1 Å². The fourth-order valence-corrected chi connectivity index (χ4v) is 2.40. The smallest absolute Gasteiger partial charge is 0.176 e. The summed E-state index contributed by atoms with van der Waals surface area (Å²) in [6.45, 7) is 4.93. The van der Waals surface area contributed by atoms with Crippen LogP contribution in [0.3, 0.4) is 0 Å². The van der Waals surface area contributed by atoms with Crippen LogP contribution in [0.2, 0.25) is 0 Å². The quantitative estimate of drug-likeness (QED) is 0.766. The van der Waals surface area contributed by atoms with E-state index in [4.69, 9.17) is 4.74 Å². The Morgan fingerprint density at radius 1 is 1.32 bits per heavy atom. The number of likely N-dealkylation sites (tertiary alicyclic amines) is 1. The van der Waals surface area contributed by atoms with Crippen LogP contribution < -0.4 is 0 Å². The molecule has 1 aliphatic rings. The predicted octanol–water partition coefficient (Wildman–Crippen LogP) is 2.51. The first-order valence-corrected chi connectivity index (χ1v) is 6.81. The summed E-state index contributed by atoms with van der Waals surface area (Å²) in [6.07, 6.45) is 2.29. The van der Waals surface area contributed by atoms with Gasteiger partial charge in [-0.2, -0.15) is 0 Å². The second-order valence-electron chi connectivity index (χ2n) is 4.86. The molecule has 0 amide bonds. The van der Waals surface area contributed by atoms with Crippen molar-refractivity contribution in [3.05, 3.63) is 35.6 Å². The molecule has 19 heavy (non-hydrogen) atoms. The van der Waals surface area contributed by atoms with Crippen molar-refractivity contribution < 1.29 is 13.9 Å². The van der Waals surface area contributed by atoms with Gasteiger partial charge in [-0.3, -0.25) is 9.69 Å². The Hall–Kier alpha value is -1.26. The molecule has 1 heterocycles. The minimum absolute atomic E-state index is 0.0508. The Morgan fingerprint density at radius 2 is 1.95 bits per heavy atom. The molecule has 1 aromatic rings. The topological polar surface area (TPSA) is 29.5 Å². The molecule has 1 saturated heterocycles. The van der Waals surface area contributed by atoms with Crippen LogP contribution in [-0.2, 0) is 4.74 Å². The van der Waals surface area contributed by atoms with Crippen LogP contribution >= 0.6 is 0 Å². The zero-order chi connectivity index (χ0) is 13.7. The number of Topliss-reactive ketones (excluding diaryl/α,β-unsaturated/α-hetero) is 1. The summed E-state index contributed by atoms with van der Waals surface area (Å²) in [4.78, 5) is 14.2. The fraction of sp³-hybridized carbons (Fsp3) is 0.533. The van der Waals surface area contributed by atoms with Gasteiger partial charge in [-0.05, 0) is 44.0 Å². The third kappa shape index (κ3) is 4.11. The minimum atomic E-state index is -0.311. The highest BCUT2D eigenvalue weighted by Crippen LogP contribution is 2.14. The van der Waals surface area contributed by atoms with Crippen molar-refractivity contribution in [3.8, 4) is 0 Å². The molecule has 4 heteroatoms. The van der Waals surface area contributed by atoms with E-state index in [-0.39, 0.29) is 11.6 Å². The average molecular weight is 265 g/mol. The van der Waals surface area contributed by atoms with Gasteiger partial charge in [0, 0.05) is 25.3 Å². The van der Waals surface area contributed by atoms with Gasteiger partial charge in [-0.25, -0.2) is 4.39 Å². The molecule has 104 valence electrons. The maximum absolute atomic E-state index is 12.8. The summed E-state index contributed by atoms with van der Waals surface area (Å²) in [5, 5.41) is 0. The Morgan fingerprint density at radius 3 is 2.53 bits per heavy atom. The Balaban J connectivity index is 1.82. The monoisotopic (exact) mass is 265 g/mol. The van der Waals surface area contributed by atoms with Crippen LogP contribution in [0.4, 0.5) is 4.39 Å². The van der Waals surface area contributed by atoms with Crippen LogP contribution in [0.25, 0.3) is 0 Å². The average Bonchev–Trinajstić information content (AvgIpc) is 2.42. The number of piperidine rings is 1. The number of hydrogen-bond donors (Lipinski definition) is 0. The lowest BCUT2D eigenvalue weighted by atomic mass is 10.1. The van der Waals surface area contributed by atoms with Crippen molar-refractivity contribution in [2.24, 2.45) is 0 Å². The first-order chi connectivity index (χ1) is 9.19. The molecule has 0 aromatic heterocycles. The summed E-state index contributed by atoms with van der Waals surface area (Å²) in [7, 11) is 0. The molecule has 0 atom stereocenters. The Bertz CT molecular complexity index is 411. The molecule has 3 nitrogen and oxygen atoms in total. The van der Waals surface area contributed by atoms with Crippen molar-refractivity contribution in [1.29, 1.82) is 0 Å². The van der Waals surface area contributed by atoms with Crippen molar-refractivity contribution in [3.63, 3.8) is 0 Å². The van der Waals surface area contributed by atoms with Crippen molar-refractivity contribution in [2.75, 3.05) is 26.2 Å². The van der Waals surface area contributed by atoms with Crippen LogP contribution in [0, 0.1) is 5.82 Å². The zero-order valence-electron chi connectivity index (χ0n) is 11.3. The van der Waals surface area contributed by atoms with Gasteiger partial charge in [0.05, 0.1) is 12.6 Å². The minimum Gasteiger partial charge on any atom is -0.378 e. The van der Waals surface area contributed by atoms with E-state index in [9.17, 15) is 9.18 Å². The molecular weight excluding hydrogens is 245 g/mol.